The quantitative estimate of drug-likeness (QED) is 0.844. The van der Waals surface area contributed by atoms with Crippen molar-refractivity contribution in [1.29, 1.82) is 0 Å². The second-order valence-corrected chi connectivity index (χ2v) is 5.92. The molecule has 1 amide bonds. The third kappa shape index (κ3) is 3.68. The normalized spacial score (nSPS) is 16.5. The van der Waals surface area contributed by atoms with Gasteiger partial charge in [0.05, 0.1) is 0 Å². The monoisotopic (exact) mass is 344 g/mol. The van der Waals surface area contributed by atoms with Gasteiger partial charge in [0.25, 0.3) is 0 Å². The Morgan fingerprint density at radius 3 is 2.50 bits per heavy atom. The summed E-state index contributed by atoms with van der Waals surface area (Å²) in [6, 6.07) is 14.8. The molecule has 5 nitrogen and oxygen atoms in total. The topological polar surface area (TPSA) is 51.1 Å². The van der Waals surface area contributed by atoms with Crippen LogP contribution in [0.1, 0.15) is 24.3 Å². The molecule has 1 heterocycles. The second-order valence-electron chi connectivity index (χ2n) is 5.48. The first-order valence-electron chi connectivity index (χ1n) is 7.52. The summed E-state index contributed by atoms with van der Waals surface area (Å²) in [7, 11) is 0. The van der Waals surface area contributed by atoms with Crippen molar-refractivity contribution in [2.75, 3.05) is 6.61 Å². The van der Waals surface area contributed by atoms with Crippen molar-refractivity contribution < 1.29 is 14.3 Å². The zero-order valence-electron chi connectivity index (χ0n) is 13.4. The van der Waals surface area contributed by atoms with Crippen LogP contribution in [0.25, 0.3) is 0 Å². The van der Waals surface area contributed by atoms with Crippen LogP contribution in [0.15, 0.2) is 53.6 Å². The van der Waals surface area contributed by atoms with E-state index in [0.29, 0.717) is 16.7 Å². The Hall–Kier alpha value is -2.53. The van der Waals surface area contributed by atoms with E-state index < -0.39 is 6.23 Å². The minimum Gasteiger partial charge on any atom is -0.484 e. The van der Waals surface area contributed by atoms with Crippen molar-refractivity contribution in [1.82, 2.24) is 5.01 Å². The Morgan fingerprint density at radius 1 is 1.21 bits per heavy atom. The fourth-order valence-electron chi connectivity index (χ4n) is 2.29. The molecule has 0 aromatic heterocycles. The fraction of sp³-hybridized carbons (Fsp3) is 0.222. The Kier molecular flexibility index (Phi) is 4.71. The molecule has 0 saturated carbocycles. The molecule has 0 fully saturated rings. The summed E-state index contributed by atoms with van der Waals surface area (Å²) in [5.41, 5.74) is 2.00. The lowest BCUT2D eigenvalue weighted by Gasteiger charge is -2.19. The molecule has 3 rings (SSSR count). The molecular weight excluding hydrogens is 328 g/mol. The third-order valence-corrected chi connectivity index (χ3v) is 3.80. The highest BCUT2D eigenvalue weighted by molar-refractivity contribution is 6.30. The number of nitrogens with zero attached hydrogens (tertiary/aromatic N) is 2. The van der Waals surface area contributed by atoms with E-state index in [1.807, 2.05) is 31.2 Å². The van der Waals surface area contributed by atoms with Gasteiger partial charge in [-0.05, 0) is 31.2 Å². The molecule has 2 aromatic rings. The van der Waals surface area contributed by atoms with Crippen LogP contribution in [0, 0.1) is 6.92 Å². The molecule has 6 heteroatoms. The second kappa shape index (κ2) is 6.93. The van der Waals surface area contributed by atoms with E-state index in [4.69, 9.17) is 21.1 Å². The van der Waals surface area contributed by atoms with Gasteiger partial charge in [-0.25, -0.2) is 0 Å². The van der Waals surface area contributed by atoms with Gasteiger partial charge in [-0.2, -0.15) is 5.01 Å². The van der Waals surface area contributed by atoms with Gasteiger partial charge in [-0.3, -0.25) is 4.79 Å². The van der Waals surface area contributed by atoms with Crippen molar-refractivity contribution in [3.63, 3.8) is 0 Å². The first-order chi connectivity index (χ1) is 11.5. The molecule has 0 spiro atoms. The van der Waals surface area contributed by atoms with Gasteiger partial charge in [-0.15, -0.1) is 5.10 Å². The summed E-state index contributed by atoms with van der Waals surface area (Å²) in [5, 5.41) is 6.19. The number of carbonyl (C=O) groups excluding carboxylic acids is 1. The van der Waals surface area contributed by atoms with E-state index >= 15 is 0 Å². The smallest absolute Gasteiger partial charge is 0.247 e. The van der Waals surface area contributed by atoms with Gasteiger partial charge in [0.1, 0.15) is 5.75 Å². The number of hydrazone groups is 1. The van der Waals surface area contributed by atoms with E-state index in [1.54, 1.807) is 24.3 Å². The van der Waals surface area contributed by atoms with Crippen molar-refractivity contribution in [3.05, 3.63) is 64.7 Å². The van der Waals surface area contributed by atoms with Gasteiger partial charge in [0, 0.05) is 17.5 Å². The van der Waals surface area contributed by atoms with Gasteiger partial charge in [0.15, 0.2) is 6.61 Å². The first-order valence-corrected chi connectivity index (χ1v) is 7.89. The molecule has 24 heavy (non-hydrogen) atoms. The lowest BCUT2D eigenvalue weighted by Crippen LogP contribution is -2.25. The van der Waals surface area contributed by atoms with Crippen molar-refractivity contribution in [2.24, 2.45) is 5.10 Å². The zero-order chi connectivity index (χ0) is 17.1. The first kappa shape index (κ1) is 16.3. The molecule has 124 valence electrons. The molecule has 1 aliphatic rings. The van der Waals surface area contributed by atoms with Crippen LogP contribution >= 0.6 is 11.6 Å². The number of rotatable bonds is 4. The molecule has 0 saturated heterocycles. The molecule has 0 bridgehead atoms. The largest absolute Gasteiger partial charge is 0.484 e. The maximum absolute atomic E-state index is 11.8. The van der Waals surface area contributed by atoms with Crippen LogP contribution in [0.3, 0.4) is 0 Å². The highest BCUT2D eigenvalue weighted by Crippen LogP contribution is 2.28. The van der Waals surface area contributed by atoms with Crippen molar-refractivity contribution >= 4 is 23.4 Å². The Morgan fingerprint density at radius 2 is 1.88 bits per heavy atom. The molecule has 2 aromatic carbocycles. The van der Waals surface area contributed by atoms with Crippen molar-refractivity contribution in [3.8, 4) is 5.75 Å². The van der Waals surface area contributed by atoms with Crippen LogP contribution in [0.5, 0.6) is 5.75 Å². The van der Waals surface area contributed by atoms with Gasteiger partial charge in [0.2, 0.25) is 18.0 Å². The summed E-state index contributed by atoms with van der Waals surface area (Å²) >= 11 is 5.84. The van der Waals surface area contributed by atoms with Gasteiger partial charge >= 0.3 is 0 Å². The number of halogens is 1. The van der Waals surface area contributed by atoms with Crippen LogP contribution in [-0.4, -0.2) is 23.4 Å². The van der Waals surface area contributed by atoms with E-state index in [2.05, 4.69) is 5.10 Å². The molecule has 1 atom stereocenters. The maximum Gasteiger partial charge on any atom is 0.247 e. The molecule has 0 aliphatic carbocycles. The molecule has 0 N–H and O–H groups in total. The van der Waals surface area contributed by atoms with Crippen LogP contribution in [0.2, 0.25) is 5.02 Å². The molecular formula is C18H17ClN2O3. The number of benzene rings is 2. The Bertz CT molecular complexity index is 757. The van der Waals surface area contributed by atoms with E-state index in [0.717, 1.165) is 11.1 Å². The standard InChI is InChI=1S/C18H17ClN2O3/c1-12-3-5-14(6-4-12)18-21(13(2)22)20-17(24-18)11-23-16-9-7-15(19)8-10-16/h3-10,18H,11H2,1-2H3/t18-/m0/s1. The van der Waals surface area contributed by atoms with Crippen LogP contribution in [0.4, 0.5) is 0 Å². The number of hydrogen-bond acceptors (Lipinski definition) is 4. The SMILES string of the molecule is CC(=O)N1N=C(COc2ccc(Cl)cc2)O[C@H]1c1ccc(C)cc1. The number of ether oxygens (including phenoxy) is 2. The highest BCUT2D eigenvalue weighted by atomic mass is 35.5. The zero-order valence-corrected chi connectivity index (χ0v) is 14.2. The van der Waals surface area contributed by atoms with E-state index in [-0.39, 0.29) is 12.5 Å². The van der Waals surface area contributed by atoms with E-state index in [9.17, 15) is 4.79 Å². The molecule has 0 radical (unpaired) electrons. The number of aryl methyl sites for hydroxylation is 1. The summed E-state index contributed by atoms with van der Waals surface area (Å²) in [6.45, 7) is 3.59. The predicted octanol–water partition coefficient (Wildman–Crippen LogP) is 3.92. The molecule has 0 unspecified atom stereocenters. The van der Waals surface area contributed by atoms with Gasteiger partial charge < -0.3 is 9.47 Å². The van der Waals surface area contributed by atoms with Crippen molar-refractivity contribution in [2.45, 2.75) is 20.1 Å². The lowest BCUT2D eigenvalue weighted by atomic mass is 10.1. The average Bonchev–Trinajstić information content (AvgIpc) is 3.00. The predicted molar refractivity (Wildman–Crippen MR) is 91.9 cm³/mol. The number of hydrogen-bond donors (Lipinski definition) is 0. The molecule has 1 aliphatic heterocycles. The summed E-state index contributed by atoms with van der Waals surface area (Å²) < 4.78 is 11.4. The summed E-state index contributed by atoms with van der Waals surface area (Å²) in [4.78, 5) is 11.8. The minimum absolute atomic E-state index is 0.133. The average molecular weight is 345 g/mol. The van der Waals surface area contributed by atoms with Gasteiger partial charge in [-0.1, -0.05) is 41.4 Å². The lowest BCUT2D eigenvalue weighted by molar-refractivity contribution is -0.135. The number of amides is 1. The minimum atomic E-state index is -0.563. The Labute approximate surface area is 145 Å². The Balaban J connectivity index is 1.70. The van der Waals surface area contributed by atoms with Crippen LogP contribution < -0.4 is 4.74 Å². The number of carbonyl (C=O) groups is 1. The summed E-state index contributed by atoms with van der Waals surface area (Å²) in [5.74, 6) is 0.812. The third-order valence-electron chi connectivity index (χ3n) is 3.55. The maximum atomic E-state index is 11.8. The summed E-state index contributed by atoms with van der Waals surface area (Å²) in [6.07, 6.45) is -0.563. The van der Waals surface area contributed by atoms with E-state index in [1.165, 1.54) is 11.9 Å². The van der Waals surface area contributed by atoms with Crippen LogP contribution in [-0.2, 0) is 9.53 Å². The highest BCUT2D eigenvalue weighted by Gasteiger charge is 2.32. The fourth-order valence-corrected chi connectivity index (χ4v) is 2.42.